The second-order valence-electron chi connectivity index (χ2n) is 8.12. The van der Waals surface area contributed by atoms with E-state index < -0.39 is 5.60 Å². The van der Waals surface area contributed by atoms with E-state index >= 15 is 0 Å². The van der Waals surface area contributed by atoms with Gasteiger partial charge in [0.25, 0.3) is 0 Å². The third kappa shape index (κ3) is 2.15. The molecule has 0 saturated heterocycles. The second-order valence-corrected chi connectivity index (χ2v) is 8.51. The van der Waals surface area contributed by atoms with Crippen LogP contribution in [0.25, 0.3) is 0 Å². The summed E-state index contributed by atoms with van der Waals surface area (Å²) in [6.45, 7) is 2.20. The molecule has 2 saturated carbocycles. The van der Waals surface area contributed by atoms with E-state index in [1.807, 2.05) is 12.2 Å². The molecule has 1 N–H and O–H groups in total. The average molecular weight is 389 g/mol. The summed E-state index contributed by atoms with van der Waals surface area (Å²) in [5, 5.41) is 11.2. The Labute approximate surface area is 152 Å². The van der Waals surface area contributed by atoms with Gasteiger partial charge in [-0.25, -0.2) is 0 Å². The van der Waals surface area contributed by atoms with Gasteiger partial charge in [0, 0.05) is 27.8 Å². The Bertz CT molecular complexity index is 682. The number of aliphatic hydroxyl groups is 1. The highest BCUT2D eigenvalue weighted by Crippen LogP contribution is 2.63. The highest BCUT2D eigenvalue weighted by molar-refractivity contribution is 9.12. The second kappa shape index (κ2) is 5.85. The van der Waals surface area contributed by atoms with Crippen LogP contribution in [-0.4, -0.2) is 16.5 Å². The predicted octanol–water partition coefficient (Wildman–Crippen LogP) is 4.38. The first-order chi connectivity index (χ1) is 11.5. The Morgan fingerprint density at radius 3 is 2.88 bits per heavy atom. The summed E-state index contributed by atoms with van der Waals surface area (Å²) >= 11 is 3.19. The van der Waals surface area contributed by atoms with Crippen LogP contribution in [0.15, 0.2) is 23.8 Å². The van der Waals surface area contributed by atoms with Crippen molar-refractivity contribution in [2.45, 2.75) is 57.5 Å². The lowest BCUT2D eigenvalue weighted by atomic mass is 9.49. The van der Waals surface area contributed by atoms with Crippen molar-refractivity contribution in [2.24, 2.45) is 29.1 Å². The molecule has 0 bridgehead atoms. The van der Waals surface area contributed by atoms with Crippen LogP contribution in [0.1, 0.15) is 51.9 Å². The highest BCUT2D eigenvalue weighted by atomic mass is 79.9. The molecule has 0 aromatic carbocycles. The van der Waals surface area contributed by atoms with Gasteiger partial charge in [-0.05, 0) is 79.2 Å². The number of carbonyl (C=O) groups is 1. The normalized spacial score (nSPS) is 46.3. The molecule has 4 aliphatic carbocycles. The van der Waals surface area contributed by atoms with Crippen molar-refractivity contribution in [3.05, 3.63) is 23.8 Å². The van der Waals surface area contributed by atoms with Gasteiger partial charge in [0.1, 0.15) is 0 Å². The van der Waals surface area contributed by atoms with Gasteiger partial charge < -0.3 is 5.11 Å². The first-order valence-corrected chi connectivity index (χ1v) is 10.1. The fourth-order valence-corrected chi connectivity index (χ4v) is 6.73. The van der Waals surface area contributed by atoms with Crippen molar-refractivity contribution in [1.82, 2.24) is 0 Å². The zero-order valence-corrected chi connectivity index (χ0v) is 15.8. The van der Waals surface area contributed by atoms with Crippen LogP contribution in [0.5, 0.6) is 0 Å². The van der Waals surface area contributed by atoms with Crippen molar-refractivity contribution < 1.29 is 9.90 Å². The van der Waals surface area contributed by atoms with Crippen LogP contribution in [0, 0.1) is 39.8 Å². The Hall–Kier alpha value is -0.850. The zero-order chi connectivity index (χ0) is 16.9. The summed E-state index contributed by atoms with van der Waals surface area (Å²) in [6.07, 6.45) is 13.3. The van der Waals surface area contributed by atoms with Crippen molar-refractivity contribution in [3.8, 4) is 10.8 Å². The molecule has 0 unspecified atom stereocenters. The van der Waals surface area contributed by atoms with E-state index in [9.17, 15) is 9.90 Å². The molecule has 4 rings (SSSR count). The largest absolute Gasteiger partial charge is 0.373 e. The SMILES string of the molecule is CC[C@]12CC[C@H]3[C@@H](CCC4=CC(=O)CC[C@@H]43)[C@@H]1C=C[C@@]2(O)C#CBr. The van der Waals surface area contributed by atoms with Crippen LogP contribution in [0.3, 0.4) is 0 Å². The summed E-state index contributed by atoms with van der Waals surface area (Å²) in [7, 11) is 0. The quantitative estimate of drug-likeness (QED) is 0.534. The monoisotopic (exact) mass is 388 g/mol. The maximum Gasteiger partial charge on any atom is 0.155 e. The van der Waals surface area contributed by atoms with Crippen LogP contribution in [-0.2, 0) is 4.79 Å². The van der Waals surface area contributed by atoms with Gasteiger partial charge in [-0.3, -0.25) is 4.79 Å². The van der Waals surface area contributed by atoms with Crippen molar-refractivity contribution in [2.75, 3.05) is 0 Å². The van der Waals surface area contributed by atoms with E-state index in [1.54, 1.807) is 0 Å². The number of hydrogen-bond acceptors (Lipinski definition) is 2. The van der Waals surface area contributed by atoms with Crippen molar-refractivity contribution >= 4 is 21.7 Å². The fraction of sp³-hybridized carbons (Fsp3) is 0.667. The van der Waals surface area contributed by atoms with Gasteiger partial charge >= 0.3 is 0 Å². The number of carbonyl (C=O) groups excluding carboxylic acids is 1. The fourth-order valence-electron chi connectivity index (χ4n) is 6.42. The smallest absolute Gasteiger partial charge is 0.155 e. The Kier molecular flexibility index (Phi) is 4.05. The Morgan fingerprint density at radius 2 is 2.12 bits per heavy atom. The summed E-state index contributed by atoms with van der Waals surface area (Å²) in [5.41, 5.74) is 0.272. The number of hydrogen-bond donors (Lipinski definition) is 1. The highest BCUT2D eigenvalue weighted by Gasteiger charge is 2.61. The number of halogens is 1. The first-order valence-electron chi connectivity index (χ1n) is 9.32. The van der Waals surface area contributed by atoms with Crippen molar-refractivity contribution in [1.29, 1.82) is 0 Å². The van der Waals surface area contributed by atoms with E-state index in [1.165, 1.54) is 5.57 Å². The molecular formula is C21H25BrO2. The molecule has 0 heterocycles. The molecule has 128 valence electrons. The van der Waals surface area contributed by atoms with Crippen LogP contribution in [0.4, 0.5) is 0 Å². The topological polar surface area (TPSA) is 37.3 Å². The van der Waals surface area contributed by atoms with Gasteiger partial charge in [-0.15, -0.1) is 0 Å². The van der Waals surface area contributed by atoms with E-state index in [0.29, 0.717) is 29.5 Å². The van der Waals surface area contributed by atoms with Gasteiger partial charge in [0.2, 0.25) is 0 Å². The van der Waals surface area contributed by atoms with Gasteiger partial charge in [-0.1, -0.05) is 24.5 Å². The van der Waals surface area contributed by atoms with E-state index in [4.69, 9.17) is 0 Å². The molecule has 0 aromatic rings. The van der Waals surface area contributed by atoms with Crippen LogP contribution < -0.4 is 0 Å². The zero-order valence-electron chi connectivity index (χ0n) is 14.2. The lowest BCUT2D eigenvalue weighted by Gasteiger charge is -2.55. The Balaban J connectivity index is 1.68. The van der Waals surface area contributed by atoms with Gasteiger partial charge in [0.15, 0.2) is 11.4 Å². The molecule has 3 heteroatoms. The minimum atomic E-state index is -1.00. The molecule has 0 spiro atoms. The third-order valence-corrected chi connectivity index (χ3v) is 7.75. The number of fused-ring (bicyclic) bond motifs is 5. The maximum atomic E-state index is 11.8. The molecule has 2 nitrogen and oxygen atoms in total. The van der Waals surface area contributed by atoms with Crippen LogP contribution in [0.2, 0.25) is 0 Å². The van der Waals surface area contributed by atoms with Crippen molar-refractivity contribution in [3.63, 3.8) is 0 Å². The summed E-state index contributed by atoms with van der Waals surface area (Å²) in [6, 6.07) is 0. The average Bonchev–Trinajstić information content (AvgIpc) is 2.88. The van der Waals surface area contributed by atoms with E-state index in [0.717, 1.165) is 44.9 Å². The standard InChI is InChI=1S/C21H25BrO2/c1-2-20-9-7-17-16-6-4-15(23)13-14(16)3-5-18(17)19(20)8-10-21(20,24)11-12-22/h8,10,13,16-19,24H,2-7,9H2,1H3/t16-,17+,18+,19-,20-,21+/m0/s1. The summed E-state index contributed by atoms with van der Waals surface area (Å²) in [5.74, 6) is 5.68. The number of rotatable bonds is 1. The van der Waals surface area contributed by atoms with E-state index in [2.05, 4.69) is 39.7 Å². The lowest BCUT2D eigenvalue weighted by Crippen LogP contribution is -2.54. The summed E-state index contributed by atoms with van der Waals surface area (Å²) in [4.78, 5) is 14.6. The number of ketones is 1. The first kappa shape index (κ1) is 16.6. The molecule has 0 amide bonds. The summed E-state index contributed by atoms with van der Waals surface area (Å²) < 4.78 is 0. The molecule has 2 fully saturated rings. The van der Waals surface area contributed by atoms with Gasteiger partial charge in [-0.2, -0.15) is 0 Å². The third-order valence-electron chi connectivity index (χ3n) is 7.55. The van der Waals surface area contributed by atoms with Crippen LogP contribution >= 0.6 is 15.9 Å². The molecule has 24 heavy (non-hydrogen) atoms. The molecule has 4 aliphatic rings. The predicted molar refractivity (Wildman–Crippen MR) is 98.3 cm³/mol. The van der Waals surface area contributed by atoms with E-state index in [-0.39, 0.29) is 5.41 Å². The maximum absolute atomic E-state index is 11.8. The minimum Gasteiger partial charge on any atom is -0.373 e. The molecule has 0 aromatic heterocycles. The number of allylic oxidation sites excluding steroid dienone is 3. The molecule has 0 radical (unpaired) electrons. The van der Waals surface area contributed by atoms with Gasteiger partial charge in [0.05, 0.1) is 0 Å². The lowest BCUT2D eigenvalue weighted by molar-refractivity contribution is -0.116. The molecular weight excluding hydrogens is 364 g/mol. The molecule has 0 aliphatic heterocycles. The Morgan fingerprint density at radius 1 is 1.29 bits per heavy atom. The molecule has 6 atom stereocenters. The minimum absolute atomic E-state index is 0.138.